The molecule has 0 bridgehead atoms. The third kappa shape index (κ3) is 4.88. The first-order valence-electron chi connectivity index (χ1n) is 6.48. The Labute approximate surface area is 104 Å². The zero-order valence-corrected chi connectivity index (χ0v) is 11.5. The van der Waals surface area contributed by atoms with Gasteiger partial charge in [0.2, 0.25) is 0 Å². The molecule has 4 heteroatoms. The molecule has 0 spiro atoms. The maximum Gasteiger partial charge on any atom is 0.0666 e. The monoisotopic (exact) mass is 239 g/mol. The van der Waals surface area contributed by atoms with Gasteiger partial charge in [-0.05, 0) is 33.7 Å². The summed E-state index contributed by atoms with van der Waals surface area (Å²) in [7, 11) is 0. The number of hydrogen-bond donors (Lipinski definition) is 1. The molecule has 0 aromatic carbocycles. The number of ether oxygens (including phenoxy) is 1. The van der Waals surface area contributed by atoms with E-state index in [4.69, 9.17) is 4.74 Å². The molecule has 0 fully saturated rings. The van der Waals surface area contributed by atoms with E-state index < -0.39 is 0 Å². The predicted octanol–water partition coefficient (Wildman–Crippen LogP) is 2.12. The van der Waals surface area contributed by atoms with E-state index in [1.807, 2.05) is 10.9 Å². The van der Waals surface area contributed by atoms with Crippen LogP contribution in [-0.2, 0) is 17.8 Å². The Balaban J connectivity index is 2.40. The van der Waals surface area contributed by atoms with Crippen LogP contribution in [0.4, 0.5) is 0 Å². The van der Waals surface area contributed by atoms with Crippen molar-refractivity contribution in [2.75, 3.05) is 13.2 Å². The lowest BCUT2D eigenvalue weighted by atomic mass is 10.2. The lowest BCUT2D eigenvalue weighted by molar-refractivity contribution is 0.0706. The molecule has 0 saturated heterocycles. The summed E-state index contributed by atoms with van der Waals surface area (Å²) in [5.74, 6) is 0. The van der Waals surface area contributed by atoms with Crippen molar-refractivity contribution in [3.8, 4) is 0 Å². The van der Waals surface area contributed by atoms with Crippen LogP contribution < -0.4 is 5.32 Å². The van der Waals surface area contributed by atoms with Gasteiger partial charge in [0.1, 0.15) is 0 Å². The number of nitrogens with zero attached hydrogens (tertiary/aromatic N) is 2. The van der Waals surface area contributed by atoms with Gasteiger partial charge < -0.3 is 10.1 Å². The second kappa shape index (κ2) is 7.45. The third-order valence-corrected chi connectivity index (χ3v) is 2.70. The van der Waals surface area contributed by atoms with E-state index in [0.717, 1.165) is 32.7 Å². The van der Waals surface area contributed by atoms with Crippen molar-refractivity contribution < 1.29 is 4.74 Å². The van der Waals surface area contributed by atoms with Crippen LogP contribution in [0.5, 0.6) is 0 Å². The van der Waals surface area contributed by atoms with E-state index in [1.54, 1.807) is 0 Å². The summed E-state index contributed by atoms with van der Waals surface area (Å²) in [6, 6.07) is 0. The quantitative estimate of drug-likeness (QED) is 0.706. The summed E-state index contributed by atoms with van der Waals surface area (Å²) < 4.78 is 7.55. The van der Waals surface area contributed by atoms with Crippen LogP contribution >= 0.6 is 0 Å². The zero-order valence-electron chi connectivity index (χ0n) is 11.5. The number of rotatable bonds is 8. The van der Waals surface area contributed by atoms with Gasteiger partial charge in [0.05, 0.1) is 25.5 Å². The molecule has 0 aliphatic rings. The Morgan fingerprint density at radius 1 is 1.47 bits per heavy atom. The molecule has 98 valence electrons. The van der Waals surface area contributed by atoms with Gasteiger partial charge in [0.15, 0.2) is 0 Å². The largest absolute Gasteiger partial charge is 0.377 e. The molecule has 0 atom stereocenters. The summed E-state index contributed by atoms with van der Waals surface area (Å²) in [4.78, 5) is 0. The number of aromatic nitrogens is 2. The van der Waals surface area contributed by atoms with Gasteiger partial charge in [-0.15, -0.1) is 0 Å². The summed E-state index contributed by atoms with van der Waals surface area (Å²) in [5.41, 5.74) is 2.52. The standard InChI is InChI=1S/C13H25N3O/c1-5-6-14-9-13-10-15-16(12(13)4)7-8-17-11(2)3/h10-11,14H,5-9H2,1-4H3. The molecule has 1 aromatic rings. The highest BCUT2D eigenvalue weighted by molar-refractivity contribution is 5.15. The molecule has 0 amide bonds. The van der Waals surface area contributed by atoms with Crippen molar-refractivity contribution >= 4 is 0 Å². The van der Waals surface area contributed by atoms with Crippen LogP contribution in [0.3, 0.4) is 0 Å². The molecule has 1 N–H and O–H groups in total. The molecular weight excluding hydrogens is 214 g/mol. The summed E-state index contributed by atoms with van der Waals surface area (Å²) in [6.45, 7) is 11.9. The van der Waals surface area contributed by atoms with Crippen molar-refractivity contribution in [1.29, 1.82) is 0 Å². The van der Waals surface area contributed by atoms with Crippen LogP contribution in [0.1, 0.15) is 38.4 Å². The van der Waals surface area contributed by atoms with Gasteiger partial charge in [-0.2, -0.15) is 5.10 Å². The third-order valence-electron chi connectivity index (χ3n) is 2.70. The fourth-order valence-electron chi connectivity index (χ4n) is 1.66. The lowest BCUT2D eigenvalue weighted by Gasteiger charge is -2.09. The van der Waals surface area contributed by atoms with Crippen LogP contribution in [0.15, 0.2) is 6.20 Å². The van der Waals surface area contributed by atoms with Crippen molar-refractivity contribution in [2.45, 2.75) is 53.3 Å². The van der Waals surface area contributed by atoms with Crippen molar-refractivity contribution in [3.63, 3.8) is 0 Å². The molecule has 0 aliphatic heterocycles. The van der Waals surface area contributed by atoms with Gasteiger partial charge in [-0.3, -0.25) is 4.68 Å². The fourth-order valence-corrected chi connectivity index (χ4v) is 1.66. The minimum absolute atomic E-state index is 0.288. The van der Waals surface area contributed by atoms with Gasteiger partial charge >= 0.3 is 0 Å². The second-order valence-corrected chi connectivity index (χ2v) is 4.57. The van der Waals surface area contributed by atoms with E-state index in [2.05, 4.69) is 38.1 Å². The zero-order chi connectivity index (χ0) is 12.7. The lowest BCUT2D eigenvalue weighted by Crippen LogP contribution is -2.15. The van der Waals surface area contributed by atoms with E-state index >= 15 is 0 Å². The second-order valence-electron chi connectivity index (χ2n) is 4.57. The maximum atomic E-state index is 5.53. The Kier molecular flexibility index (Phi) is 6.22. The van der Waals surface area contributed by atoms with Crippen molar-refractivity contribution in [3.05, 3.63) is 17.5 Å². The maximum absolute atomic E-state index is 5.53. The van der Waals surface area contributed by atoms with Crippen molar-refractivity contribution in [1.82, 2.24) is 15.1 Å². The van der Waals surface area contributed by atoms with E-state index in [9.17, 15) is 0 Å². The van der Waals surface area contributed by atoms with Crippen LogP contribution in [0.25, 0.3) is 0 Å². The Morgan fingerprint density at radius 2 is 2.24 bits per heavy atom. The highest BCUT2D eigenvalue weighted by Gasteiger charge is 2.05. The summed E-state index contributed by atoms with van der Waals surface area (Å²) in [5, 5.41) is 7.78. The molecule has 0 aliphatic carbocycles. The summed E-state index contributed by atoms with van der Waals surface area (Å²) in [6.07, 6.45) is 3.40. The van der Waals surface area contributed by atoms with E-state index in [0.29, 0.717) is 0 Å². The molecular formula is C13H25N3O. The minimum atomic E-state index is 0.288. The first-order valence-corrected chi connectivity index (χ1v) is 6.48. The highest BCUT2D eigenvalue weighted by atomic mass is 16.5. The average molecular weight is 239 g/mol. The molecule has 0 unspecified atom stereocenters. The van der Waals surface area contributed by atoms with Crippen LogP contribution in [-0.4, -0.2) is 29.0 Å². The average Bonchev–Trinajstić information content (AvgIpc) is 2.61. The molecule has 1 rings (SSSR count). The molecule has 0 radical (unpaired) electrons. The van der Waals surface area contributed by atoms with E-state index in [-0.39, 0.29) is 6.10 Å². The highest BCUT2D eigenvalue weighted by Crippen LogP contribution is 2.06. The Hall–Kier alpha value is -0.870. The van der Waals surface area contributed by atoms with Crippen LogP contribution in [0, 0.1) is 6.92 Å². The molecule has 0 saturated carbocycles. The normalized spacial score (nSPS) is 11.4. The van der Waals surface area contributed by atoms with Gasteiger partial charge in [-0.25, -0.2) is 0 Å². The minimum Gasteiger partial charge on any atom is -0.377 e. The Bertz CT molecular complexity index is 320. The number of nitrogens with one attached hydrogen (secondary N) is 1. The number of hydrogen-bond acceptors (Lipinski definition) is 3. The first-order chi connectivity index (χ1) is 8.15. The molecule has 17 heavy (non-hydrogen) atoms. The van der Waals surface area contributed by atoms with E-state index in [1.165, 1.54) is 11.3 Å². The van der Waals surface area contributed by atoms with Gasteiger partial charge in [0, 0.05) is 17.8 Å². The first kappa shape index (κ1) is 14.2. The molecule has 4 nitrogen and oxygen atoms in total. The SMILES string of the molecule is CCCNCc1cnn(CCOC(C)C)c1C. The fraction of sp³-hybridized carbons (Fsp3) is 0.769. The predicted molar refractivity (Wildman–Crippen MR) is 70.0 cm³/mol. The van der Waals surface area contributed by atoms with Gasteiger partial charge in [-0.1, -0.05) is 6.92 Å². The smallest absolute Gasteiger partial charge is 0.0666 e. The van der Waals surface area contributed by atoms with Gasteiger partial charge in [0.25, 0.3) is 0 Å². The topological polar surface area (TPSA) is 39.1 Å². The molecule has 1 heterocycles. The van der Waals surface area contributed by atoms with Crippen LogP contribution in [0.2, 0.25) is 0 Å². The molecule has 1 aromatic heterocycles. The summed E-state index contributed by atoms with van der Waals surface area (Å²) >= 11 is 0. The van der Waals surface area contributed by atoms with Crippen molar-refractivity contribution in [2.24, 2.45) is 0 Å². The Morgan fingerprint density at radius 3 is 2.88 bits per heavy atom.